The van der Waals surface area contributed by atoms with Crippen LogP contribution in [-0.2, 0) is 4.74 Å². The van der Waals surface area contributed by atoms with E-state index in [0.717, 1.165) is 25.7 Å². The highest BCUT2D eigenvalue weighted by atomic mass is 16.5. The predicted molar refractivity (Wildman–Crippen MR) is 42.1 cm³/mol. The molecule has 0 spiro atoms. The summed E-state index contributed by atoms with van der Waals surface area (Å²) in [6.45, 7) is 7.40. The number of ether oxygens (including phenoxy) is 1. The first-order valence-electron chi connectivity index (χ1n) is 4.10. The van der Waals surface area contributed by atoms with Crippen molar-refractivity contribution in [3.63, 3.8) is 0 Å². The van der Waals surface area contributed by atoms with Gasteiger partial charge in [-0.05, 0) is 12.3 Å². The Morgan fingerprint density at radius 3 is 2.90 bits per heavy atom. The third-order valence-electron chi connectivity index (χ3n) is 1.84. The molecule has 10 heavy (non-hydrogen) atoms. The molecule has 1 saturated heterocycles. The van der Waals surface area contributed by atoms with Crippen molar-refractivity contribution in [3.05, 3.63) is 0 Å². The molecule has 0 aromatic heterocycles. The van der Waals surface area contributed by atoms with Crippen molar-refractivity contribution < 1.29 is 4.74 Å². The molecule has 1 fully saturated rings. The van der Waals surface area contributed by atoms with Gasteiger partial charge in [0.25, 0.3) is 0 Å². The third-order valence-corrected chi connectivity index (χ3v) is 1.84. The summed E-state index contributed by atoms with van der Waals surface area (Å²) in [7, 11) is 0. The molecule has 1 heterocycles. The van der Waals surface area contributed by atoms with Gasteiger partial charge in [0.15, 0.2) is 0 Å². The van der Waals surface area contributed by atoms with E-state index in [-0.39, 0.29) is 0 Å². The molecular formula is C8H17NO. The highest BCUT2D eigenvalue weighted by Crippen LogP contribution is 2.10. The molecule has 0 aliphatic carbocycles. The SMILES string of the molecule is CC(C)NC[C@@H]1CCOC1. The minimum absolute atomic E-state index is 0.612. The second kappa shape index (κ2) is 3.94. The van der Waals surface area contributed by atoms with Gasteiger partial charge in [0.05, 0.1) is 6.61 Å². The van der Waals surface area contributed by atoms with Crippen molar-refractivity contribution in [1.82, 2.24) is 5.32 Å². The Labute approximate surface area is 63.0 Å². The Kier molecular flexibility index (Phi) is 3.16. The van der Waals surface area contributed by atoms with E-state index < -0.39 is 0 Å². The molecule has 2 nitrogen and oxygen atoms in total. The first-order valence-corrected chi connectivity index (χ1v) is 4.10. The minimum atomic E-state index is 0.612. The zero-order valence-corrected chi connectivity index (χ0v) is 6.89. The topological polar surface area (TPSA) is 21.3 Å². The molecule has 0 aromatic carbocycles. The maximum absolute atomic E-state index is 5.25. The zero-order valence-electron chi connectivity index (χ0n) is 6.89. The first-order chi connectivity index (χ1) is 4.79. The molecule has 1 rings (SSSR count). The van der Waals surface area contributed by atoms with Crippen LogP contribution in [0.2, 0.25) is 0 Å². The summed E-state index contributed by atoms with van der Waals surface area (Å²) < 4.78 is 5.25. The van der Waals surface area contributed by atoms with Gasteiger partial charge >= 0.3 is 0 Å². The smallest absolute Gasteiger partial charge is 0.0507 e. The van der Waals surface area contributed by atoms with Crippen molar-refractivity contribution in [1.29, 1.82) is 0 Å². The molecule has 0 unspecified atom stereocenters. The molecule has 1 N–H and O–H groups in total. The summed E-state index contributed by atoms with van der Waals surface area (Å²) in [4.78, 5) is 0. The number of rotatable bonds is 3. The number of nitrogens with one attached hydrogen (secondary N) is 1. The Balaban J connectivity index is 2.01. The Morgan fingerprint density at radius 2 is 2.40 bits per heavy atom. The van der Waals surface area contributed by atoms with E-state index in [0.29, 0.717) is 6.04 Å². The van der Waals surface area contributed by atoms with E-state index in [1.807, 2.05) is 0 Å². The molecule has 0 radical (unpaired) electrons. The lowest BCUT2D eigenvalue weighted by Gasteiger charge is -2.11. The molecule has 1 aliphatic rings. The van der Waals surface area contributed by atoms with E-state index in [1.165, 1.54) is 6.42 Å². The van der Waals surface area contributed by atoms with Crippen LogP contribution in [0.4, 0.5) is 0 Å². The zero-order chi connectivity index (χ0) is 7.40. The summed E-state index contributed by atoms with van der Waals surface area (Å²) in [5, 5.41) is 3.41. The van der Waals surface area contributed by atoms with Gasteiger partial charge < -0.3 is 10.1 Å². The molecule has 2 heteroatoms. The molecular weight excluding hydrogens is 126 g/mol. The Morgan fingerprint density at radius 1 is 1.60 bits per heavy atom. The van der Waals surface area contributed by atoms with Crippen molar-refractivity contribution in [2.24, 2.45) is 5.92 Å². The minimum Gasteiger partial charge on any atom is -0.381 e. The monoisotopic (exact) mass is 143 g/mol. The van der Waals surface area contributed by atoms with Crippen LogP contribution < -0.4 is 5.32 Å². The number of hydrogen-bond acceptors (Lipinski definition) is 2. The van der Waals surface area contributed by atoms with Crippen LogP contribution in [0.25, 0.3) is 0 Å². The predicted octanol–water partition coefficient (Wildman–Crippen LogP) is 1.02. The average molecular weight is 143 g/mol. The highest BCUT2D eigenvalue weighted by Gasteiger charge is 2.14. The van der Waals surface area contributed by atoms with E-state index in [4.69, 9.17) is 4.74 Å². The summed E-state index contributed by atoms with van der Waals surface area (Å²) >= 11 is 0. The summed E-state index contributed by atoms with van der Waals surface area (Å²) in [5.74, 6) is 0.766. The van der Waals surface area contributed by atoms with Gasteiger partial charge in [-0.3, -0.25) is 0 Å². The maximum Gasteiger partial charge on any atom is 0.0507 e. The van der Waals surface area contributed by atoms with E-state index in [9.17, 15) is 0 Å². The van der Waals surface area contributed by atoms with E-state index >= 15 is 0 Å². The highest BCUT2D eigenvalue weighted by molar-refractivity contribution is 4.67. The molecule has 1 atom stereocenters. The lowest BCUT2D eigenvalue weighted by Crippen LogP contribution is -2.29. The Hall–Kier alpha value is -0.0800. The van der Waals surface area contributed by atoms with Gasteiger partial charge in [0.2, 0.25) is 0 Å². The first kappa shape index (κ1) is 8.02. The van der Waals surface area contributed by atoms with Crippen LogP contribution >= 0.6 is 0 Å². The normalized spacial score (nSPS) is 26.1. The second-order valence-electron chi connectivity index (χ2n) is 3.29. The molecule has 0 bridgehead atoms. The molecule has 1 aliphatic heterocycles. The second-order valence-corrected chi connectivity index (χ2v) is 3.29. The number of hydrogen-bond donors (Lipinski definition) is 1. The van der Waals surface area contributed by atoms with Crippen molar-refractivity contribution in [2.75, 3.05) is 19.8 Å². The van der Waals surface area contributed by atoms with Gasteiger partial charge in [0, 0.05) is 19.2 Å². The van der Waals surface area contributed by atoms with Gasteiger partial charge in [-0.1, -0.05) is 13.8 Å². The maximum atomic E-state index is 5.25. The third kappa shape index (κ3) is 2.67. The fourth-order valence-electron chi connectivity index (χ4n) is 1.15. The van der Waals surface area contributed by atoms with Gasteiger partial charge in [-0.15, -0.1) is 0 Å². The van der Waals surface area contributed by atoms with Crippen LogP contribution in [0, 0.1) is 5.92 Å². The van der Waals surface area contributed by atoms with Crippen LogP contribution in [-0.4, -0.2) is 25.8 Å². The standard InChI is InChI=1S/C8H17NO/c1-7(2)9-5-8-3-4-10-6-8/h7-9H,3-6H2,1-2H3/t8-/m0/s1. The lowest BCUT2D eigenvalue weighted by molar-refractivity contribution is 0.185. The van der Waals surface area contributed by atoms with Crippen LogP contribution in [0.15, 0.2) is 0 Å². The van der Waals surface area contributed by atoms with E-state index in [1.54, 1.807) is 0 Å². The summed E-state index contributed by atoms with van der Waals surface area (Å²) in [6, 6.07) is 0.612. The van der Waals surface area contributed by atoms with Crippen molar-refractivity contribution in [3.8, 4) is 0 Å². The lowest BCUT2D eigenvalue weighted by atomic mass is 10.1. The fourth-order valence-corrected chi connectivity index (χ4v) is 1.15. The van der Waals surface area contributed by atoms with Crippen LogP contribution in [0.1, 0.15) is 20.3 Å². The molecule has 0 amide bonds. The van der Waals surface area contributed by atoms with Gasteiger partial charge in [-0.25, -0.2) is 0 Å². The van der Waals surface area contributed by atoms with E-state index in [2.05, 4.69) is 19.2 Å². The molecule has 0 saturated carbocycles. The van der Waals surface area contributed by atoms with Gasteiger partial charge in [0.1, 0.15) is 0 Å². The van der Waals surface area contributed by atoms with Crippen LogP contribution in [0.5, 0.6) is 0 Å². The summed E-state index contributed by atoms with van der Waals surface area (Å²) in [6.07, 6.45) is 1.24. The quantitative estimate of drug-likeness (QED) is 0.637. The largest absolute Gasteiger partial charge is 0.381 e. The fraction of sp³-hybridized carbons (Fsp3) is 1.00. The van der Waals surface area contributed by atoms with Crippen molar-refractivity contribution >= 4 is 0 Å². The molecule has 0 aromatic rings. The van der Waals surface area contributed by atoms with Gasteiger partial charge in [-0.2, -0.15) is 0 Å². The molecule has 60 valence electrons. The average Bonchev–Trinajstić information content (AvgIpc) is 2.34. The van der Waals surface area contributed by atoms with Crippen LogP contribution in [0.3, 0.4) is 0 Å². The Bertz CT molecular complexity index is 87.3. The summed E-state index contributed by atoms with van der Waals surface area (Å²) in [5.41, 5.74) is 0. The van der Waals surface area contributed by atoms with Crippen molar-refractivity contribution in [2.45, 2.75) is 26.3 Å².